The molecule has 152 valence electrons. The Morgan fingerprint density at radius 1 is 1.24 bits per heavy atom. The number of nitrogens with zero attached hydrogens (tertiary/aromatic N) is 2. The van der Waals surface area contributed by atoms with Crippen LogP contribution in [0.3, 0.4) is 0 Å². The Labute approximate surface area is 169 Å². The molecule has 0 heterocycles. The Balaban J connectivity index is 2.26. The maximum Gasteiger partial charge on any atom is 0.320 e. The first-order chi connectivity index (χ1) is 13.9. The van der Waals surface area contributed by atoms with Crippen LogP contribution in [0.2, 0.25) is 0 Å². The van der Waals surface area contributed by atoms with E-state index in [0.717, 1.165) is 9.87 Å². The van der Waals surface area contributed by atoms with Crippen LogP contribution in [0.5, 0.6) is 5.75 Å². The molecule has 8 nitrogen and oxygen atoms in total. The van der Waals surface area contributed by atoms with Crippen molar-refractivity contribution >= 4 is 27.8 Å². The Morgan fingerprint density at radius 3 is 2.59 bits per heavy atom. The molecular formula is C20H20N2O6S. The molecule has 0 spiro atoms. The van der Waals surface area contributed by atoms with Gasteiger partial charge < -0.3 is 14.6 Å². The highest BCUT2D eigenvalue weighted by atomic mass is 32.2. The zero-order valence-electron chi connectivity index (χ0n) is 15.7. The molecule has 0 aliphatic rings. The molecule has 1 N–H and O–H groups in total. The molecule has 2 aromatic rings. The lowest BCUT2D eigenvalue weighted by molar-refractivity contribution is -0.134. The van der Waals surface area contributed by atoms with E-state index >= 15 is 0 Å². The van der Waals surface area contributed by atoms with Crippen LogP contribution >= 0.6 is 0 Å². The molecule has 0 aliphatic carbocycles. The van der Waals surface area contributed by atoms with E-state index in [9.17, 15) is 13.2 Å². The summed E-state index contributed by atoms with van der Waals surface area (Å²) in [4.78, 5) is 11.0. The van der Waals surface area contributed by atoms with Crippen molar-refractivity contribution in [1.82, 2.24) is 0 Å². The topological polar surface area (TPSA) is 117 Å². The second-order valence-corrected chi connectivity index (χ2v) is 7.76. The number of anilines is 1. The number of rotatable bonds is 10. The second kappa shape index (κ2) is 10.3. The summed E-state index contributed by atoms with van der Waals surface area (Å²) in [5, 5.41) is 17.9. The molecule has 29 heavy (non-hydrogen) atoms. The quantitative estimate of drug-likeness (QED) is 0.591. The molecule has 0 amide bonds. The lowest BCUT2D eigenvalue weighted by Gasteiger charge is -2.22. The number of nitriles is 1. The first-order valence-electron chi connectivity index (χ1n) is 8.46. The summed E-state index contributed by atoms with van der Waals surface area (Å²) in [6.45, 7) is -0.0322. The third-order valence-corrected chi connectivity index (χ3v) is 5.35. The number of carboxylic acids is 1. The maximum atomic E-state index is 12.6. The van der Waals surface area contributed by atoms with Gasteiger partial charge in [-0.3, -0.25) is 9.10 Å². The molecule has 9 heteroatoms. The minimum Gasteiger partial charge on any atom is -0.480 e. The van der Waals surface area contributed by atoms with E-state index < -0.39 is 21.7 Å². The van der Waals surface area contributed by atoms with Gasteiger partial charge in [0.1, 0.15) is 5.75 Å². The molecule has 0 saturated carbocycles. The van der Waals surface area contributed by atoms with E-state index in [1.165, 1.54) is 19.2 Å². The second-order valence-electron chi connectivity index (χ2n) is 5.87. The molecular weight excluding hydrogens is 396 g/mol. The summed E-state index contributed by atoms with van der Waals surface area (Å²) in [7, 11) is -2.63. The lowest BCUT2D eigenvalue weighted by Crippen LogP contribution is -2.35. The first kappa shape index (κ1) is 21.9. The summed E-state index contributed by atoms with van der Waals surface area (Å²) in [5.74, 6) is -2.00. The van der Waals surface area contributed by atoms with Crippen molar-refractivity contribution in [2.45, 2.75) is 0 Å². The van der Waals surface area contributed by atoms with Crippen LogP contribution in [-0.2, 0) is 19.6 Å². The number of sulfonamides is 1. The molecule has 0 unspecified atom stereocenters. The van der Waals surface area contributed by atoms with Crippen molar-refractivity contribution < 1.29 is 27.8 Å². The summed E-state index contributed by atoms with van der Waals surface area (Å²) in [6.07, 6.45) is 3.26. The standard InChI is InChI=1S/C20H20N2O6S/c1-27-15-28-19-9-7-18(8-10-19)22(29(25,26)14-20(23)24)11-3-6-16-4-2-5-17(12-16)13-21/h2-10,12H,11,14-15H2,1H3,(H,23,24)/b6-3+. The Morgan fingerprint density at radius 2 is 1.97 bits per heavy atom. The maximum absolute atomic E-state index is 12.6. The van der Waals surface area contributed by atoms with Crippen molar-refractivity contribution in [2.24, 2.45) is 0 Å². The fourth-order valence-electron chi connectivity index (χ4n) is 2.45. The number of benzene rings is 2. The van der Waals surface area contributed by atoms with Gasteiger partial charge >= 0.3 is 5.97 Å². The van der Waals surface area contributed by atoms with Gasteiger partial charge in [-0.2, -0.15) is 5.26 Å². The fraction of sp³-hybridized carbons (Fsp3) is 0.200. The van der Waals surface area contributed by atoms with Gasteiger partial charge in [-0.25, -0.2) is 8.42 Å². The molecule has 2 rings (SSSR count). The van der Waals surface area contributed by atoms with Crippen LogP contribution in [-0.4, -0.2) is 45.7 Å². The third kappa shape index (κ3) is 6.64. The van der Waals surface area contributed by atoms with Crippen molar-refractivity contribution in [3.05, 3.63) is 65.7 Å². The molecule has 0 radical (unpaired) electrons. The average Bonchev–Trinajstić information content (AvgIpc) is 2.69. The predicted molar refractivity (Wildman–Crippen MR) is 108 cm³/mol. The number of hydrogen-bond acceptors (Lipinski definition) is 6. The predicted octanol–water partition coefficient (Wildman–Crippen LogP) is 2.48. The highest BCUT2D eigenvalue weighted by Crippen LogP contribution is 2.22. The van der Waals surface area contributed by atoms with Crippen LogP contribution in [0.4, 0.5) is 5.69 Å². The zero-order chi connectivity index (χ0) is 21.3. The summed E-state index contributed by atoms with van der Waals surface area (Å²) >= 11 is 0. The summed E-state index contributed by atoms with van der Waals surface area (Å²) < 4.78 is 36.2. The van der Waals surface area contributed by atoms with Gasteiger partial charge in [-0.05, 0) is 42.0 Å². The monoisotopic (exact) mass is 416 g/mol. The average molecular weight is 416 g/mol. The first-order valence-corrected chi connectivity index (χ1v) is 10.1. The SMILES string of the molecule is COCOc1ccc(N(C/C=C/c2cccc(C#N)c2)S(=O)(=O)CC(=O)O)cc1. The Kier molecular flexibility index (Phi) is 7.77. The number of aliphatic carboxylic acids is 1. The highest BCUT2D eigenvalue weighted by molar-refractivity contribution is 7.93. The molecule has 0 aliphatic heterocycles. The van der Waals surface area contributed by atoms with E-state index in [1.807, 2.05) is 6.07 Å². The van der Waals surface area contributed by atoms with Crippen LogP contribution in [0.15, 0.2) is 54.6 Å². The van der Waals surface area contributed by atoms with E-state index in [1.54, 1.807) is 48.6 Å². The van der Waals surface area contributed by atoms with E-state index in [4.69, 9.17) is 19.8 Å². The van der Waals surface area contributed by atoms with Crippen molar-refractivity contribution in [2.75, 3.05) is 30.5 Å². The molecule has 0 aromatic heterocycles. The van der Waals surface area contributed by atoms with Crippen molar-refractivity contribution in [3.63, 3.8) is 0 Å². The zero-order valence-corrected chi connectivity index (χ0v) is 16.5. The number of ether oxygens (including phenoxy) is 2. The Bertz CT molecular complexity index is 1010. The van der Waals surface area contributed by atoms with Gasteiger partial charge in [0, 0.05) is 7.11 Å². The van der Waals surface area contributed by atoms with E-state index in [0.29, 0.717) is 17.0 Å². The molecule has 0 fully saturated rings. The van der Waals surface area contributed by atoms with Gasteiger partial charge in [0.15, 0.2) is 12.5 Å². The highest BCUT2D eigenvalue weighted by Gasteiger charge is 2.24. The van der Waals surface area contributed by atoms with E-state index in [2.05, 4.69) is 0 Å². The number of hydrogen-bond donors (Lipinski definition) is 1. The van der Waals surface area contributed by atoms with Gasteiger partial charge in [0.2, 0.25) is 10.0 Å². The van der Waals surface area contributed by atoms with Gasteiger partial charge in [-0.1, -0.05) is 24.3 Å². The Hall–Kier alpha value is -3.35. The van der Waals surface area contributed by atoms with Gasteiger partial charge in [0.25, 0.3) is 0 Å². The molecule has 0 bridgehead atoms. The number of methoxy groups -OCH3 is 1. The largest absolute Gasteiger partial charge is 0.480 e. The van der Waals surface area contributed by atoms with Crippen LogP contribution < -0.4 is 9.04 Å². The summed E-state index contributed by atoms with van der Waals surface area (Å²) in [6, 6.07) is 15.0. The van der Waals surface area contributed by atoms with Crippen LogP contribution in [0, 0.1) is 11.3 Å². The van der Waals surface area contributed by atoms with Crippen LogP contribution in [0.25, 0.3) is 6.08 Å². The summed E-state index contributed by atoms with van der Waals surface area (Å²) in [5.41, 5.74) is 1.50. The normalized spacial score (nSPS) is 11.2. The lowest BCUT2D eigenvalue weighted by atomic mass is 10.1. The van der Waals surface area contributed by atoms with Crippen molar-refractivity contribution in [3.8, 4) is 11.8 Å². The minimum atomic E-state index is -4.11. The van der Waals surface area contributed by atoms with Gasteiger partial charge in [0.05, 0.1) is 23.9 Å². The molecule has 0 saturated heterocycles. The third-order valence-electron chi connectivity index (χ3n) is 3.71. The van der Waals surface area contributed by atoms with Crippen LogP contribution in [0.1, 0.15) is 11.1 Å². The smallest absolute Gasteiger partial charge is 0.320 e. The minimum absolute atomic E-state index is 0.0465. The van der Waals surface area contributed by atoms with Crippen molar-refractivity contribution in [1.29, 1.82) is 5.26 Å². The fourth-order valence-corrected chi connectivity index (χ4v) is 3.67. The van der Waals surface area contributed by atoms with E-state index in [-0.39, 0.29) is 13.3 Å². The van der Waals surface area contributed by atoms with Gasteiger partial charge in [-0.15, -0.1) is 0 Å². The molecule has 2 aromatic carbocycles. The molecule has 0 atom stereocenters. The number of carbonyl (C=O) groups is 1. The number of carboxylic acid groups (broad SMARTS) is 1.